The lowest BCUT2D eigenvalue weighted by Crippen LogP contribution is -2.41. The topological polar surface area (TPSA) is 133 Å². The number of nitro groups is 1. The number of ether oxygens (including phenoxy) is 1. The molecule has 0 aliphatic carbocycles. The maximum absolute atomic E-state index is 12.7. The van der Waals surface area contributed by atoms with Crippen molar-refractivity contribution in [1.82, 2.24) is 14.8 Å². The monoisotopic (exact) mass is 444 g/mol. The summed E-state index contributed by atoms with van der Waals surface area (Å²) in [7, 11) is -3.12. The molecule has 0 radical (unpaired) electrons. The first kappa shape index (κ1) is 22.0. The van der Waals surface area contributed by atoms with Crippen molar-refractivity contribution < 1.29 is 22.9 Å². The second-order valence-electron chi connectivity index (χ2n) is 6.61. The van der Waals surface area contributed by atoms with Crippen LogP contribution in [0.15, 0.2) is 59.5 Å². The molecule has 1 heterocycles. The number of hydrogen-bond acceptors (Lipinski definition) is 6. The van der Waals surface area contributed by atoms with E-state index >= 15 is 0 Å². The Bertz CT molecular complexity index is 1250. The molecule has 0 aliphatic heterocycles. The second kappa shape index (κ2) is 8.58. The van der Waals surface area contributed by atoms with E-state index in [-0.39, 0.29) is 11.3 Å². The molecule has 2 N–H and O–H groups in total. The number of non-ortho nitro benzene ring substituents is 1. The van der Waals surface area contributed by atoms with E-state index in [1.807, 2.05) is 46.7 Å². The highest BCUT2D eigenvalue weighted by Crippen LogP contribution is 2.28. The Labute approximate surface area is 178 Å². The number of para-hydroxylation sites is 1. The van der Waals surface area contributed by atoms with Gasteiger partial charge in [0.15, 0.2) is 0 Å². The average Bonchev–Trinajstić information content (AvgIpc) is 3.06. The maximum atomic E-state index is 12.7. The predicted molar refractivity (Wildman–Crippen MR) is 113 cm³/mol. The smallest absolute Gasteiger partial charge is 0.271 e. The van der Waals surface area contributed by atoms with Crippen LogP contribution in [-0.2, 0) is 10.0 Å². The molecule has 3 aromatic rings. The molecule has 2 aromatic carbocycles. The molecule has 0 bridgehead atoms. The molecule has 11 heteroatoms. The molecule has 0 fully saturated rings. The molecule has 0 aliphatic rings. The SMILES string of the molecule is COc1ccc([N+](=O)[O-])cc1S(=O)(=O)NNC(=O)c1cc(C)n(-c2ccccc2)c1C. The van der Waals surface area contributed by atoms with Gasteiger partial charge in [0.2, 0.25) is 0 Å². The summed E-state index contributed by atoms with van der Waals surface area (Å²) in [6, 6.07) is 14.2. The summed E-state index contributed by atoms with van der Waals surface area (Å²) in [6.45, 7) is 3.57. The number of carbonyl (C=O) groups excluding carboxylic acids is 1. The summed E-state index contributed by atoms with van der Waals surface area (Å²) in [5.41, 5.74) is 4.26. The van der Waals surface area contributed by atoms with Gasteiger partial charge in [-0.05, 0) is 38.1 Å². The van der Waals surface area contributed by atoms with Gasteiger partial charge in [-0.1, -0.05) is 18.2 Å². The quantitative estimate of drug-likeness (QED) is 0.425. The average molecular weight is 444 g/mol. The minimum absolute atomic E-state index is 0.102. The van der Waals surface area contributed by atoms with Crippen molar-refractivity contribution in [2.45, 2.75) is 18.7 Å². The zero-order chi connectivity index (χ0) is 22.8. The van der Waals surface area contributed by atoms with Crippen LogP contribution >= 0.6 is 0 Å². The third kappa shape index (κ3) is 4.42. The highest BCUT2D eigenvalue weighted by atomic mass is 32.2. The molecule has 31 heavy (non-hydrogen) atoms. The molecule has 1 amide bonds. The standard InChI is InChI=1S/C20H20N4O6S/c1-13-11-17(14(2)23(13)15-7-5-4-6-8-15)20(25)21-22-31(28,29)19-12-16(24(26)27)9-10-18(19)30-3/h4-12,22H,1-3H3,(H,21,25). The van der Waals surface area contributed by atoms with Gasteiger partial charge in [0.25, 0.3) is 21.6 Å². The maximum Gasteiger partial charge on any atom is 0.271 e. The van der Waals surface area contributed by atoms with E-state index in [4.69, 9.17) is 4.74 Å². The van der Waals surface area contributed by atoms with Gasteiger partial charge in [-0.25, -0.2) is 8.42 Å². The summed E-state index contributed by atoms with van der Waals surface area (Å²) in [4.78, 5) is 24.4. The Hall–Kier alpha value is -3.70. The van der Waals surface area contributed by atoms with Crippen molar-refractivity contribution in [1.29, 1.82) is 0 Å². The van der Waals surface area contributed by atoms with Crippen LogP contribution in [0.3, 0.4) is 0 Å². The molecule has 0 saturated carbocycles. The number of nitro benzene ring substituents is 1. The molecule has 0 unspecified atom stereocenters. The summed E-state index contributed by atoms with van der Waals surface area (Å²) in [6.07, 6.45) is 0. The number of amides is 1. The molecule has 3 rings (SSSR count). The summed E-state index contributed by atoms with van der Waals surface area (Å²) < 4.78 is 32.2. The molecule has 162 valence electrons. The second-order valence-corrected chi connectivity index (χ2v) is 8.26. The summed E-state index contributed by atoms with van der Waals surface area (Å²) in [5, 5.41) is 11.0. The number of sulfonamides is 1. The predicted octanol–water partition coefficient (Wildman–Crippen LogP) is 2.63. The Morgan fingerprint density at radius 1 is 1.10 bits per heavy atom. The highest BCUT2D eigenvalue weighted by molar-refractivity contribution is 7.89. The van der Waals surface area contributed by atoms with Crippen LogP contribution in [0, 0.1) is 24.0 Å². The van der Waals surface area contributed by atoms with E-state index in [1.54, 1.807) is 13.0 Å². The van der Waals surface area contributed by atoms with Gasteiger partial charge in [0.1, 0.15) is 10.6 Å². The number of hydrazine groups is 1. The molecule has 10 nitrogen and oxygen atoms in total. The first-order chi connectivity index (χ1) is 14.7. The van der Waals surface area contributed by atoms with E-state index < -0.39 is 31.4 Å². The van der Waals surface area contributed by atoms with E-state index in [0.29, 0.717) is 5.69 Å². The minimum atomic E-state index is -4.35. The number of nitrogens with one attached hydrogen (secondary N) is 2. The van der Waals surface area contributed by atoms with Gasteiger partial charge in [-0.15, -0.1) is 4.83 Å². The van der Waals surface area contributed by atoms with Crippen LogP contribution in [0.1, 0.15) is 21.7 Å². The number of methoxy groups -OCH3 is 1. The lowest BCUT2D eigenvalue weighted by molar-refractivity contribution is -0.385. The van der Waals surface area contributed by atoms with Gasteiger partial charge < -0.3 is 9.30 Å². The van der Waals surface area contributed by atoms with E-state index in [9.17, 15) is 23.3 Å². The molecular weight excluding hydrogens is 424 g/mol. The van der Waals surface area contributed by atoms with Crippen LogP contribution < -0.4 is 15.0 Å². The fraction of sp³-hybridized carbons (Fsp3) is 0.150. The van der Waals surface area contributed by atoms with Gasteiger partial charge in [-0.3, -0.25) is 20.3 Å². The first-order valence-corrected chi connectivity index (χ1v) is 10.5. The van der Waals surface area contributed by atoms with Crippen molar-refractivity contribution >= 4 is 21.6 Å². The van der Waals surface area contributed by atoms with Gasteiger partial charge >= 0.3 is 0 Å². The Kier molecular flexibility index (Phi) is 6.09. The minimum Gasteiger partial charge on any atom is -0.495 e. The molecule has 1 aromatic heterocycles. The zero-order valence-electron chi connectivity index (χ0n) is 16.9. The van der Waals surface area contributed by atoms with Gasteiger partial charge in [0, 0.05) is 29.2 Å². The van der Waals surface area contributed by atoms with E-state index in [0.717, 1.165) is 23.5 Å². The Balaban J connectivity index is 1.86. The first-order valence-electron chi connectivity index (χ1n) is 9.04. The zero-order valence-corrected chi connectivity index (χ0v) is 17.8. The lowest BCUT2D eigenvalue weighted by atomic mass is 10.2. The Morgan fingerprint density at radius 3 is 2.39 bits per heavy atom. The number of nitrogens with zero attached hydrogens (tertiary/aromatic N) is 2. The van der Waals surface area contributed by atoms with Gasteiger partial charge in [-0.2, -0.15) is 0 Å². The van der Waals surface area contributed by atoms with E-state index in [1.165, 1.54) is 13.2 Å². The number of carbonyl (C=O) groups is 1. The van der Waals surface area contributed by atoms with Crippen molar-refractivity contribution in [3.63, 3.8) is 0 Å². The van der Waals surface area contributed by atoms with Crippen LogP contribution in [0.5, 0.6) is 5.75 Å². The van der Waals surface area contributed by atoms with Crippen LogP contribution in [-0.4, -0.2) is 30.9 Å². The fourth-order valence-corrected chi connectivity index (χ4v) is 4.22. The third-order valence-corrected chi connectivity index (χ3v) is 5.91. The van der Waals surface area contributed by atoms with Gasteiger partial charge in [0.05, 0.1) is 17.6 Å². The van der Waals surface area contributed by atoms with Crippen LogP contribution in [0.25, 0.3) is 5.69 Å². The molecular formula is C20H20N4O6S. The van der Waals surface area contributed by atoms with Crippen LogP contribution in [0.2, 0.25) is 0 Å². The largest absolute Gasteiger partial charge is 0.495 e. The number of benzene rings is 2. The molecule has 0 atom stereocenters. The fourth-order valence-electron chi connectivity index (χ4n) is 3.19. The van der Waals surface area contributed by atoms with Crippen molar-refractivity contribution in [3.05, 3.63) is 81.7 Å². The normalized spacial score (nSPS) is 11.2. The van der Waals surface area contributed by atoms with Crippen LogP contribution in [0.4, 0.5) is 5.69 Å². The Morgan fingerprint density at radius 2 is 1.77 bits per heavy atom. The number of hydrogen-bond donors (Lipinski definition) is 2. The van der Waals surface area contributed by atoms with Crippen molar-refractivity contribution in [2.75, 3.05) is 7.11 Å². The molecule has 0 spiro atoms. The molecule has 0 saturated heterocycles. The van der Waals surface area contributed by atoms with Crippen molar-refractivity contribution in [2.24, 2.45) is 0 Å². The van der Waals surface area contributed by atoms with E-state index in [2.05, 4.69) is 5.43 Å². The number of aryl methyl sites for hydroxylation is 1. The number of aromatic nitrogens is 1. The lowest BCUT2D eigenvalue weighted by Gasteiger charge is -2.12. The summed E-state index contributed by atoms with van der Waals surface area (Å²) >= 11 is 0. The highest BCUT2D eigenvalue weighted by Gasteiger charge is 2.25. The third-order valence-electron chi connectivity index (χ3n) is 4.64. The van der Waals surface area contributed by atoms with Crippen molar-refractivity contribution in [3.8, 4) is 11.4 Å². The summed E-state index contributed by atoms with van der Waals surface area (Å²) in [5.74, 6) is -0.780. The number of rotatable bonds is 7.